The van der Waals surface area contributed by atoms with E-state index in [1.165, 1.54) is 72.6 Å². The Labute approximate surface area is 566 Å². The number of allylic oxidation sites excluding steroid dienone is 16. The third kappa shape index (κ3) is 33.2. The van der Waals surface area contributed by atoms with Gasteiger partial charge in [-0.05, 0) is 103 Å². The number of nitrogens with zero attached hydrogens (tertiary/aromatic N) is 1. The summed E-state index contributed by atoms with van der Waals surface area (Å²) in [5.41, 5.74) is 11.5. The largest absolute Gasteiger partial charge is 0.486 e. The van der Waals surface area contributed by atoms with Crippen molar-refractivity contribution in [3.05, 3.63) is 157 Å². The molecular formula is C66H94N6O16SW2-2. The van der Waals surface area contributed by atoms with Crippen LogP contribution in [0.2, 0.25) is 0 Å². The summed E-state index contributed by atoms with van der Waals surface area (Å²) in [6.07, 6.45) is 31.2. The molecule has 3 aliphatic heterocycles. The number of amides is 2. The number of likely N-dealkylation sites (tertiary alicyclic amines) is 1. The summed E-state index contributed by atoms with van der Waals surface area (Å²) in [6.45, 7) is 12.3. The molecule has 0 spiro atoms. The predicted molar refractivity (Wildman–Crippen MR) is 341 cm³/mol. The molecule has 1 fully saturated rings. The smallest absolute Gasteiger partial charge is 0.324 e. The zero-order valence-electron chi connectivity index (χ0n) is 53.7. The van der Waals surface area contributed by atoms with Crippen molar-refractivity contribution in [3.8, 4) is 0 Å². The molecule has 1 saturated heterocycles. The Morgan fingerprint density at radius 3 is 1.38 bits per heavy atom. The quantitative estimate of drug-likeness (QED) is 0.0669. The van der Waals surface area contributed by atoms with Gasteiger partial charge in [-0.15, -0.1) is 0 Å². The molecule has 5 aliphatic rings. The van der Waals surface area contributed by atoms with Gasteiger partial charge in [0.15, 0.2) is 11.6 Å². The van der Waals surface area contributed by atoms with Gasteiger partial charge >= 0.3 is 11.9 Å². The molecule has 10 unspecified atom stereocenters. The molecule has 0 radical (unpaired) electrons. The van der Waals surface area contributed by atoms with Crippen LogP contribution >= 0.6 is 0 Å². The summed E-state index contributed by atoms with van der Waals surface area (Å²) in [6, 6.07) is -1.92. The number of rotatable bonds is 8. The molecule has 91 heavy (non-hydrogen) atoms. The van der Waals surface area contributed by atoms with E-state index in [4.69, 9.17) is 24.7 Å². The first kappa shape index (κ1) is 85.4. The molecule has 0 aromatic carbocycles. The molecule has 22 nitrogen and oxygen atoms in total. The summed E-state index contributed by atoms with van der Waals surface area (Å²) in [7, 11) is 5.85. The standard InChI is InChI=1S/C30H40N2O9S.C29H38N2O7.C6H12N.CH4N.2W/c1-19-12-11-13-22-16-23(33)17-25(29(22)36)31-27(34)18-24(40-4)14-9-7-6-8-10-15-26(20(2)28(19)35)41-30(37)21(3)32-42(5,38)39;1-18-11-10-12-21-15-22(32)16-24(28(21)35)31-26(33)17-23(37-4)13-8-6-5-7-9-14-25(19(2)27(18)34)38-29(36)20(3)30;1-7-5-3-2-4-6-7;1-2;;/h6-10,12,14,16-17,20-21,24,26,28,32,35H,11,13,15,18H2,1-5H3,(H,31,34);5-9,11,13,15-16,19-20,23,25,27,34H,10,12,14,17,30H2,1-4H3,(H,31,33);1-6H2;1-2H2;;/q;;2*-1;;/b7-6+,10-8+,14-9+,19-12-;6-5+,9-7+,13-8+,18-11-;;;;. The van der Waals surface area contributed by atoms with E-state index >= 15 is 0 Å². The van der Waals surface area contributed by atoms with Gasteiger partial charge < -0.3 is 56.2 Å². The van der Waals surface area contributed by atoms with Crippen LogP contribution in [-0.4, -0.2) is 153 Å². The van der Waals surface area contributed by atoms with Gasteiger partial charge in [-0.2, -0.15) is 0 Å². The third-order valence-corrected chi connectivity index (χ3v) is 15.3. The Hall–Kier alpha value is -5.55. The Kier molecular flexibility index (Phi) is 42.9. The zero-order valence-corrected chi connectivity index (χ0v) is 60.4. The molecule has 5 rings (SSSR count). The number of hydrogen-bond donors (Lipinski definition) is 7. The number of Topliss-reactive ketones (excluding diaryl/α,β-unsaturated/α-hetero) is 2. The fraction of sp³-hybridized carbons (Fsp3) is 0.485. The van der Waals surface area contributed by atoms with Crippen molar-refractivity contribution in [3.63, 3.8) is 0 Å². The van der Waals surface area contributed by atoms with Gasteiger partial charge in [-0.3, -0.25) is 52.5 Å². The summed E-state index contributed by atoms with van der Waals surface area (Å²) in [5, 5.41) is 27.1. The van der Waals surface area contributed by atoms with Crippen LogP contribution in [0.5, 0.6) is 0 Å². The van der Waals surface area contributed by atoms with Gasteiger partial charge in [-0.25, -0.2) is 13.1 Å². The first-order valence-electron chi connectivity index (χ1n) is 29.6. The molecule has 2 aliphatic carbocycles. The number of sulfonamides is 1. The molecule has 9 N–H and O–H groups in total. The van der Waals surface area contributed by atoms with Crippen molar-refractivity contribution in [1.29, 1.82) is 0 Å². The number of ketones is 4. The monoisotopic (exact) mass is 1630 g/mol. The molecule has 0 saturated carbocycles. The average molecular weight is 1630 g/mol. The first-order valence-corrected chi connectivity index (χ1v) is 31.5. The van der Waals surface area contributed by atoms with Crippen LogP contribution in [0.4, 0.5) is 0 Å². The topological polar surface area (TPSA) is 339 Å². The van der Waals surface area contributed by atoms with Crippen molar-refractivity contribution in [2.45, 2.75) is 161 Å². The van der Waals surface area contributed by atoms with Crippen molar-refractivity contribution < 1.29 is 118 Å². The maximum Gasteiger partial charge on any atom is 0.324 e. The fourth-order valence-corrected chi connectivity index (χ4v) is 10.0. The maximum absolute atomic E-state index is 12.9. The molecule has 0 aromatic heterocycles. The SMILES string of the molecule is COC1/C=C/C=C/C=C/CC(OC(=O)C(C)N)C(C)C(O)/C(C)=C\CCC2=CC(=O)C=C(NC(=O)C1)C2=O.COC1/C=C/C=C/C=C/CC(OC(=O)C(C)NS(C)(=O)=O)C(C)C(O)/C(C)=C\CCC2=CC(=O)C=C(NC(=O)C1)C2=O.[CH2-]N.[CH2-]N1CCCCC1.[W].[W]. The van der Waals surface area contributed by atoms with E-state index < -0.39 is 112 Å². The second-order valence-electron chi connectivity index (χ2n) is 21.9. The molecule has 0 aromatic rings. The summed E-state index contributed by atoms with van der Waals surface area (Å²) >= 11 is 0. The molecule has 10 atom stereocenters. The Bertz CT molecular complexity index is 2930. The first-order chi connectivity index (χ1) is 42.1. The number of carbonyl (C=O) groups excluding carboxylic acids is 8. The van der Waals surface area contributed by atoms with E-state index in [1.54, 1.807) is 107 Å². The van der Waals surface area contributed by atoms with Gasteiger partial charge in [0.1, 0.15) is 24.3 Å². The second-order valence-corrected chi connectivity index (χ2v) is 23.7. The number of hydrogen-bond acceptors (Lipinski definition) is 19. The Morgan fingerprint density at radius 1 is 0.648 bits per heavy atom. The predicted octanol–water partition coefficient (Wildman–Crippen LogP) is 5.64. The second kappa shape index (κ2) is 45.7. The normalized spacial score (nSPS) is 28.4. The number of aliphatic hydroxyl groups excluding tert-OH is 2. The Morgan fingerprint density at radius 2 is 1.03 bits per heavy atom. The molecule has 2 amide bonds. The summed E-state index contributed by atoms with van der Waals surface area (Å²) in [4.78, 5) is 102. The molecule has 4 bridgehead atoms. The van der Waals surface area contributed by atoms with Crippen molar-refractivity contribution in [1.82, 2.24) is 20.3 Å². The van der Waals surface area contributed by atoms with Gasteiger partial charge in [0, 0.05) is 104 Å². The van der Waals surface area contributed by atoms with Gasteiger partial charge in [0.25, 0.3) is 0 Å². The van der Waals surface area contributed by atoms with Crippen LogP contribution in [0.25, 0.3) is 0 Å². The van der Waals surface area contributed by atoms with Gasteiger partial charge in [0.2, 0.25) is 33.4 Å². The number of nitrogens with two attached hydrogens (primary N) is 2. The van der Waals surface area contributed by atoms with E-state index in [-0.39, 0.29) is 103 Å². The number of aliphatic hydroxyl groups is 2. The number of esters is 2. The van der Waals surface area contributed by atoms with Crippen molar-refractivity contribution in [2.75, 3.05) is 33.6 Å². The van der Waals surface area contributed by atoms with E-state index in [1.807, 2.05) is 6.08 Å². The molecule has 3 heterocycles. The number of fused-ring (bicyclic) bond motifs is 4. The Balaban J connectivity index is 0.00000154. The van der Waals surface area contributed by atoms with Crippen molar-refractivity contribution >= 4 is 56.9 Å². The van der Waals surface area contributed by atoms with E-state index in [0.29, 0.717) is 30.4 Å². The maximum atomic E-state index is 12.9. The van der Waals surface area contributed by atoms with Crippen LogP contribution in [-0.2, 0) is 109 Å². The molecule has 504 valence electrons. The van der Waals surface area contributed by atoms with Crippen LogP contribution in [0.1, 0.15) is 112 Å². The van der Waals surface area contributed by atoms with Crippen LogP contribution < -0.4 is 26.8 Å². The number of piperidine rings is 1. The van der Waals surface area contributed by atoms with Crippen molar-refractivity contribution in [2.24, 2.45) is 23.3 Å². The van der Waals surface area contributed by atoms with E-state index in [2.05, 4.69) is 40.1 Å². The van der Waals surface area contributed by atoms with Gasteiger partial charge in [0.05, 0.1) is 54.9 Å². The minimum absolute atomic E-state index is 0. The van der Waals surface area contributed by atoms with Crippen LogP contribution in [0.3, 0.4) is 0 Å². The summed E-state index contributed by atoms with van der Waals surface area (Å²) in [5.74, 6) is -4.99. The third-order valence-electron chi connectivity index (χ3n) is 14.5. The van der Waals surface area contributed by atoms with Gasteiger partial charge in [-0.1, -0.05) is 105 Å². The number of carbonyl (C=O) groups is 8. The minimum Gasteiger partial charge on any atom is -0.486 e. The number of methoxy groups -OCH3 is 2. The average Bonchev–Trinajstić information content (AvgIpc) is 1.42. The van der Waals surface area contributed by atoms with E-state index in [0.717, 1.165) is 18.4 Å². The zero-order chi connectivity index (χ0) is 66.8. The summed E-state index contributed by atoms with van der Waals surface area (Å²) < 4.78 is 47.2. The number of nitrogens with one attached hydrogen (secondary N) is 3. The molecular weight excluding hydrogens is 1530 g/mol. The van der Waals surface area contributed by atoms with Crippen LogP contribution in [0.15, 0.2) is 143 Å². The molecule has 25 heteroatoms. The van der Waals surface area contributed by atoms with E-state index in [9.17, 15) is 57.0 Å². The minimum atomic E-state index is -3.65. The fourth-order valence-electron chi connectivity index (χ4n) is 9.28. The number of ether oxygens (including phenoxy) is 4. The van der Waals surface area contributed by atoms with Crippen LogP contribution in [0, 0.1) is 25.9 Å².